The summed E-state index contributed by atoms with van der Waals surface area (Å²) in [4.78, 5) is 49.3. The summed E-state index contributed by atoms with van der Waals surface area (Å²) >= 11 is 1.34. The van der Waals surface area contributed by atoms with Crippen molar-refractivity contribution in [1.82, 2.24) is 10.6 Å². The summed E-state index contributed by atoms with van der Waals surface area (Å²) in [5, 5.41) is 25.8. The number of carboxylic acid groups (broad SMARTS) is 1. The molecule has 2 aromatic rings. The van der Waals surface area contributed by atoms with Crippen molar-refractivity contribution >= 4 is 35.4 Å². The molecule has 0 bridgehead atoms. The van der Waals surface area contributed by atoms with Crippen molar-refractivity contribution in [2.24, 2.45) is 5.92 Å². The van der Waals surface area contributed by atoms with Crippen molar-refractivity contribution in [1.29, 1.82) is 0 Å². The standard InChI is InChI=1S/C31H42N2O9S/c1-5-40-26-13-12-23(42-17-29(38)41-6-2)14-22(26)15-27(35)33-30(20(3)4)31(39)32-24(16-28(36)37)25(34)19-43-18-21-10-8-7-9-11-21/h7-14,20,24,27,30,33,35H,5-6,15-19H2,1-4H3,(H,32,39)(H,36,37). The molecule has 0 fully saturated rings. The highest BCUT2D eigenvalue weighted by Gasteiger charge is 2.30. The van der Waals surface area contributed by atoms with Crippen LogP contribution in [0.5, 0.6) is 11.5 Å². The normalized spacial score (nSPS) is 13.1. The Balaban J connectivity index is 2.07. The van der Waals surface area contributed by atoms with E-state index < -0.39 is 48.4 Å². The average molecular weight is 619 g/mol. The van der Waals surface area contributed by atoms with Gasteiger partial charge in [-0.3, -0.25) is 19.7 Å². The average Bonchev–Trinajstić information content (AvgIpc) is 2.96. The second-order valence-electron chi connectivity index (χ2n) is 10.0. The van der Waals surface area contributed by atoms with Crippen LogP contribution < -0.4 is 20.1 Å². The van der Waals surface area contributed by atoms with Crippen LogP contribution in [-0.4, -0.2) is 77.7 Å². The molecule has 4 N–H and O–H groups in total. The number of aliphatic hydroxyl groups is 1. The molecular weight excluding hydrogens is 576 g/mol. The number of thioether (sulfide) groups is 1. The van der Waals surface area contributed by atoms with Gasteiger partial charge >= 0.3 is 11.9 Å². The summed E-state index contributed by atoms with van der Waals surface area (Å²) in [5.74, 6) is -1.57. The van der Waals surface area contributed by atoms with E-state index in [1.807, 2.05) is 37.3 Å². The van der Waals surface area contributed by atoms with Crippen LogP contribution >= 0.6 is 11.8 Å². The number of aliphatic carboxylic acids is 1. The molecule has 12 heteroatoms. The molecular formula is C31H42N2O9S. The molecule has 0 aliphatic heterocycles. The predicted molar refractivity (Wildman–Crippen MR) is 163 cm³/mol. The Hall–Kier alpha value is -3.61. The number of aliphatic hydroxyl groups excluding tert-OH is 1. The minimum atomic E-state index is -1.22. The Labute approximate surface area is 256 Å². The first-order valence-corrected chi connectivity index (χ1v) is 15.3. The molecule has 0 aliphatic carbocycles. The van der Waals surface area contributed by atoms with Crippen molar-refractivity contribution < 1.29 is 43.6 Å². The minimum absolute atomic E-state index is 0.0239. The largest absolute Gasteiger partial charge is 0.494 e. The molecule has 2 aromatic carbocycles. The van der Waals surface area contributed by atoms with Gasteiger partial charge in [-0.1, -0.05) is 44.2 Å². The number of nitrogens with one attached hydrogen (secondary N) is 2. The fourth-order valence-corrected chi connectivity index (χ4v) is 5.05. The van der Waals surface area contributed by atoms with Crippen LogP contribution in [-0.2, 0) is 36.1 Å². The van der Waals surface area contributed by atoms with Crippen molar-refractivity contribution in [2.45, 2.75) is 64.6 Å². The number of carboxylic acids is 1. The Morgan fingerprint density at radius 2 is 1.70 bits per heavy atom. The maximum atomic E-state index is 13.3. The summed E-state index contributed by atoms with van der Waals surface area (Å²) in [6, 6.07) is 12.3. The van der Waals surface area contributed by atoms with Gasteiger partial charge in [-0.15, -0.1) is 11.8 Å². The van der Waals surface area contributed by atoms with Gasteiger partial charge in [0.05, 0.1) is 37.5 Å². The first kappa shape index (κ1) is 35.6. The van der Waals surface area contributed by atoms with E-state index in [4.69, 9.17) is 14.2 Å². The molecule has 43 heavy (non-hydrogen) atoms. The minimum Gasteiger partial charge on any atom is -0.494 e. The predicted octanol–water partition coefficient (Wildman–Crippen LogP) is 2.96. The summed E-state index contributed by atoms with van der Waals surface area (Å²) in [6.07, 6.45) is -1.75. The number of hydrogen-bond acceptors (Lipinski definition) is 10. The summed E-state index contributed by atoms with van der Waals surface area (Å²) in [5.41, 5.74) is 1.60. The van der Waals surface area contributed by atoms with Crippen LogP contribution in [0.3, 0.4) is 0 Å². The Kier molecular flexibility index (Phi) is 15.6. The van der Waals surface area contributed by atoms with Crippen molar-refractivity contribution in [3.8, 4) is 11.5 Å². The summed E-state index contributed by atoms with van der Waals surface area (Å²) in [7, 11) is 0. The third-order valence-electron chi connectivity index (χ3n) is 6.17. The molecule has 2 rings (SSSR count). The number of ether oxygens (including phenoxy) is 3. The van der Waals surface area contributed by atoms with E-state index >= 15 is 0 Å². The zero-order valence-electron chi connectivity index (χ0n) is 25.0. The number of carbonyl (C=O) groups excluding carboxylic acids is 3. The number of carbonyl (C=O) groups is 4. The molecule has 236 valence electrons. The number of benzene rings is 2. The third kappa shape index (κ3) is 13.1. The highest BCUT2D eigenvalue weighted by Crippen LogP contribution is 2.26. The lowest BCUT2D eigenvalue weighted by Crippen LogP contribution is -2.55. The maximum Gasteiger partial charge on any atom is 0.344 e. The van der Waals surface area contributed by atoms with Gasteiger partial charge in [0, 0.05) is 17.7 Å². The zero-order chi connectivity index (χ0) is 31.8. The van der Waals surface area contributed by atoms with Crippen molar-refractivity contribution in [3.63, 3.8) is 0 Å². The van der Waals surface area contributed by atoms with Gasteiger partial charge in [0.1, 0.15) is 17.7 Å². The van der Waals surface area contributed by atoms with Gasteiger partial charge in [-0.2, -0.15) is 0 Å². The fraction of sp³-hybridized carbons (Fsp3) is 0.484. The third-order valence-corrected chi connectivity index (χ3v) is 7.19. The Morgan fingerprint density at radius 1 is 0.977 bits per heavy atom. The fourth-order valence-electron chi connectivity index (χ4n) is 4.12. The zero-order valence-corrected chi connectivity index (χ0v) is 25.9. The summed E-state index contributed by atoms with van der Waals surface area (Å²) < 4.78 is 16.1. The molecule has 0 saturated carbocycles. The van der Waals surface area contributed by atoms with Crippen molar-refractivity contribution in [3.05, 3.63) is 59.7 Å². The van der Waals surface area contributed by atoms with Gasteiger partial charge in [0.25, 0.3) is 0 Å². The van der Waals surface area contributed by atoms with E-state index in [1.165, 1.54) is 11.8 Å². The molecule has 11 nitrogen and oxygen atoms in total. The van der Waals surface area contributed by atoms with Crippen molar-refractivity contribution in [2.75, 3.05) is 25.6 Å². The second-order valence-corrected chi connectivity index (χ2v) is 11.0. The molecule has 1 amide bonds. The van der Waals surface area contributed by atoms with Gasteiger partial charge < -0.3 is 29.7 Å². The number of hydrogen-bond donors (Lipinski definition) is 4. The van der Waals surface area contributed by atoms with Crippen LogP contribution in [0.1, 0.15) is 45.2 Å². The van der Waals surface area contributed by atoms with E-state index in [1.54, 1.807) is 39.0 Å². The van der Waals surface area contributed by atoms with E-state index in [0.717, 1.165) is 5.56 Å². The number of rotatable bonds is 20. The summed E-state index contributed by atoms with van der Waals surface area (Å²) in [6.45, 7) is 7.38. The lowest BCUT2D eigenvalue weighted by atomic mass is 10.0. The SMILES string of the molecule is CCOC(=O)COc1ccc(OCC)c(CC(O)NC(C(=O)NC(CC(=O)O)C(=O)CSCc2ccccc2)C(C)C)c1. The van der Waals surface area contributed by atoms with Crippen LogP contribution in [0.2, 0.25) is 0 Å². The quantitative estimate of drug-likeness (QED) is 0.128. The van der Waals surface area contributed by atoms with Gasteiger partial charge in [0.15, 0.2) is 12.4 Å². The smallest absolute Gasteiger partial charge is 0.344 e. The Bertz CT molecular complexity index is 1190. The maximum absolute atomic E-state index is 13.3. The van der Waals surface area contributed by atoms with Crippen LogP contribution in [0.15, 0.2) is 48.5 Å². The highest BCUT2D eigenvalue weighted by molar-refractivity contribution is 7.99. The molecule has 3 unspecified atom stereocenters. The molecule has 0 aromatic heterocycles. The van der Waals surface area contributed by atoms with E-state index in [2.05, 4.69) is 10.6 Å². The molecule has 3 atom stereocenters. The monoisotopic (exact) mass is 618 g/mol. The molecule has 0 aliphatic rings. The van der Waals surface area contributed by atoms with E-state index in [9.17, 15) is 29.4 Å². The van der Waals surface area contributed by atoms with Crippen LogP contribution in [0.25, 0.3) is 0 Å². The first-order chi connectivity index (χ1) is 20.5. The number of esters is 1. The lowest BCUT2D eigenvalue weighted by molar-refractivity contribution is -0.145. The van der Waals surface area contributed by atoms with E-state index in [-0.39, 0.29) is 31.3 Å². The van der Waals surface area contributed by atoms with Gasteiger partial charge in [0.2, 0.25) is 5.91 Å². The molecule has 0 spiro atoms. The highest BCUT2D eigenvalue weighted by atomic mass is 32.2. The topological polar surface area (TPSA) is 160 Å². The first-order valence-electron chi connectivity index (χ1n) is 14.2. The van der Waals surface area contributed by atoms with E-state index in [0.29, 0.717) is 29.4 Å². The Morgan fingerprint density at radius 3 is 2.33 bits per heavy atom. The second kappa shape index (κ2) is 18.8. The molecule has 0 heterocycles. The lowest BCUT2D eigenvalue weighted by Gasteiger charge is -2.27. The van der Waals surface area contributed by atoms with Crippen LogP contribution in [0, 0.1) is 5.92 Å². The van der Waals surface area contributed by atoms with Gasteiger partial charge in [-0.25, -0.2) is 4.79 Å². The van der Waals surface area contributed by atoms with Gasteiger partial charge in [-0.05, 0) is 43.5 Å². The number of amides is 1. The van der Waals surface area contributed by atoms with Crippen LogP contribution in [0.4, 0.5) is 0 Å². The molecule has 0 radical (unpaired) electrons. The number of ketones is 1. The molecule has 0 saturated heterocycles. The number of Topliss-reactive ketones (excluding diaryl/α,β-unsaturated/α-hetero) is 1.